The summed E-state index contributed by atoms with van der Waals surface area (Å²) in [6.45, 7) is 5.68. The van der Waals surface area contributed by atoms with Gasteiger partial charge in [0.05, 0.1) is 18.5 Å². The summed E-state index contributed by atoms with van der Waals surface area (Å²) >= 11 is 0. The minimum Gasteiger partial charge on any atom is -0.355 e. The van der Waals surface area contributed by atoms with Gasteiger partial charge in [0.15, 0.2) is 0 Å². The van der Waals surface area contributed by atoms with Gasteiger partial charge in [-0.1, -0.05) is 44.2 Å². The van der Waals surface area contributed by atoms with Gasteiger partial charge in [-0.25, -0.2) is 0 Å². The summed E-state index contributed by atoms with van der Waals surface area (Å²) in [6, 6.07) is 12.0. The fourth-order valence-corrected chi connectivity index (χ4v) is 1.90. The van der Waals surface area contributed by atoms with E-state index in [0.29, 0.717) is 25.6 Å². The van der Waals surface area contributed by atoms with Gasteiger partial charge < -0.3 is 5.32 Å². The molecule has 1 aromatic rings. The molecule has 1 amide bonds. The third-order valence-corrected chi connectivity index (χ3v) is 2.97. The molecule has 20 heavy (non-hydrogen) atoms. The predicted molar refractivity (Wildman–Crippen MR) is 80.1 cm³/mol. The molecule has 0 heterocycles. The van der Waals surface area contributed by atoms with Crippen LogP contribution in [0.1, 0.15) is 25.3 Å². The number of nitriles is 1. The molecular weight excluding hydrogens is 250 g/mol. The third kappa shape index (κ3) is 5.85. The summed E-state index contributed by atoms with van der Waals surface area (Å²) in [7, 11) is 1.86. The number of benzene rings is 1. The zero-order chi connectivity index (χ0) is 15.0. The monoisotopic (exact) mass is 273 g/mol. The van der Waals surface area contributed by atoms with E-state index in [-0.39, 0.29) is 11.8 Å². The van der Waals surface area contributed by atoms with Crippen LogP contribution in [0.2, 0.25) is 0 Å². The van der Waals surface area contributed by atoms with Crippen molar-refractivity contribution in [1.82, 2.24) is 10.2 Å². The highest BCUT2D eigenvalue weighted by molar-refractivity contribution is 5.77. The molecular formula is C16H23N3O. The second-order valence-electron chi connectivity index (χ2n) is 5.49. The molecule has 1 aromatic carbocycles. The molecule has 0 fully saturated rings. The first-order valence-corrected chi connectivity index (χ1v) is 6.92. The van der Waals surface area contributed by atoms with Gasteiger partial charge in [0.1, 0.15) is 0 Å². The van der Waals surface area contributed by atoms with Crippen molar-refractivity contribution >= 4 is 5.91 Å². The van der Waals surface area contributed by atoms with Crippen LogP contribution in [0.15, 0.2) is 30.3 Å². The van der Waals surface area contributed by atoms with Crippen molar-refractivity contribution in [2.45, 2.75) is 19.8 Å². The van der Waals surface area contributed by atoms with E-state index in [1.54, 1.807) is 0 Å². The summed E-state index contributed by atoms with van der Waals surface area (Å²) in [5, 5.41) is 12.1. The first kappa shape index (κ1) is 16.2. The van der Waals surface area contributed by atoms with Crippen LogP contribution >= 0.6 is 0 Å². The molecule has 0 spiro atoms. The van der Waals surface area contributed by atoms with Crippen molar-refractivity contribution in [3.63, 3.8) is 0 Å². The Labute approximate surface area is 121 Å². The number of amides is 1. The molecule has 0 radical (unpaired) electrons. The first-order chi connectivity index (χ1) is 9.52. The quantitative estimate of drug-likeness (QED) is 0.826. The van der Waals surface area contributed by atoms with E-state index in [4.69, 9.17) is 0 Å². The van der Waals surface area contributed by atoms with Crippen LogP contribution in [0.3, 0.4) is 0 Å². The molecule has 1 N–H and O–H groups in total. The lowest BCUT2D eigenvalue weighted by atomic mass is 10.0. The molecule has 0 aromatic heterocycles. The molecule has 0 aliphatic carbocycles. The Morgan fingerprint density at radius 2 is 2.00 bits per heavy atom. The molecule has 0 aliphatic rings. The summed E-state index contributed by atoms with van der Waals surface area (Å²) in [5.74, 6) is 0.241. The van der Waals surface area contributed by atoms with E-state index < -0.39 is 0 Å². The molecule has 0 aliphatic heterocycles. The molecule has 1 rings (SSSR count). The Kier molecular flexibility index (Phi) is 6.75. The van der Waals surface area contributed by atoms with Crippen molar-refractivity contribution < 1.29 is 4.79 Å². The zero-order valence-electron chi connectivity index (χ0n) is 12.5. The van der Waals surface area contributed by atoms with Crippen LogP contribution in [0.25, 0.3) is 0 Å². The van der Waals surface area contributed by atoms with Gasteiger partial charge in [0.25, 0.3) is 0 Å². The van der Waals surface area contributed by atoms with E-state index in [1.165, 1.54) is 0 Å². The van der Waals surface area contributed by atoms with Crippen molar-refractivity contribution in [2.24, 2.45) is 5.92 Å². The second-order valence-corrected chi connectivity index (χ2v) is 5.49. The van der Waals surface area contributed by atoms with Crippen LogP contribution in [0.5, 0.6) is 0 Å². The Morgan fingerprint density at radius 1 is 1.35 bits per heavy atom. The summed E-state index contributed by atoms with van der Waals surface area (Å²) in [5.41, 5.74) is 0.990. The van der Waals surface area contributed by atoms with Crippen molar-refractivity contribution in [1.29, 1.82) is 5.26 Å². The molecule has 0 saturated heterocycles. The number of nitrogens with zero attached hydrogens (tertiary/aromatic N) is 2. The van der Waals surface area contributed by atoms with Crippen LogP contribution in [0.4, 0.5) is 0 Å². The maximum atomic E-state index is 11.7. The fraction of sp³-hybridized carbons (Fsp3) is 0.500. The average Bonchev–Trinajstić information content (AvgIpc) is 2.43. The van der Waals surface area contributed by atoms with Crippen LogP contribution in [0, 0.1) is 17.2 Å². The van der Waals surface area contributed by atoms with E-state index in [0.717, 1.165) is 5.56 Å². The van der Waals surface area contributed by atoms with Gasteiger partial charge >= 0.3 is 0 Å². The van der Waals surface area contributed by atoms with Crippen LogP contribution in [-0.2, 0) is 4.79 Å². The highest BCUT2D eigenvalue weighted by atomic mass is 16.2. The number of rotatable bonds is 7. The van der Waals surface area contributed by atoms with Crippen LogP contribution in [-0.4, -0.2) is 37.5 Å². The van der Waals surface area contributed by atoms with E-state index in [2.05, 4.69) is 25.2 Å². The topological polar surface area (TPSA) is 56.1 Å². The molecule has 0 saturated carbocycles. The summed E-state index contributed by atoms with van der Waals surface area (Å²) in [4.78, 5) is 13.6. The third-order valence-electron chi connectivity index (χ3n) is 2.97. The van der Waals surface area contributed by atoms with Gasteiger partial charge in [-0.15, -0.1) is 0 Å². The summed E-state index contributed by atoms with van der Waals surface area (Å²) < 4.78 is 0. The SMILES string of the molecule is CC(C)CNC(=O)CN(C)CC(C#N)c1ccccc1. The molecule has 1 atom stereocenters. The normalized spacial score (nSPS) is 12.2. The molecule has 1 unspecified atom stereocenters. The highest BCUT2D eigenvalue weighted by Crippen LogP contribution is 2.15. The number of nitrogens with one attached hydrogen (secondary N) is 1. The first-order valence-electron chi connectivity index (χ1n) is 6.92. The maximum Gasteiger partial charge on any atom is 0.234 e. The molecule has 4 heteroatoms. The average molecular weight is 273 g/mol. The standard InChI is InChI=1S/C16H23N3O/c1-13(2)10-18-16(20)12-19(3)11-15(9-17)14-7-5-4-6-8-14/h4-8,13,15H,10-12H2,1-3H3,(H,18,20). The van der Waals surface area contributed by atoms with Crippen molar-refractivity contribution in [2.75, 3.05) is 26.7 Å². The van der Waals surface area contributed by atoms with Gasteiger partial charge in [0.2, 0.25) is 5.91 Å². The fourth-order valence-electron chi connectivity index (χ4n) is 1.90. The van der Waals surface area contributed by atoms with Gasteiger partial charge in [-0.2, -0.15) is 5.26 Å². The van der Waals surface area contributed by atoms with Gasteiger partial charge in [-0.05, 0) is 18.5 Å². The van der Waals surface area contributed by atoms with E-state index in [9.17, 15) is 10.1 Å². The van der Waals surface area contributed by atoms with E-state index in [1.807, 2.05) is 42.3 Å². The summed E-state index contributed by atoms with van der Waals surface area (Å²) in [6.07, 6.45) is 0. The van der Waals surface area contributed by atoms with E-state index >= 15 is 0 Å². The lowest BCUT2D eigenvalue weighted by Gasteiger charge is -2.20. The number of carbonyl (C=O) groups excluding carboxylic acids is 1. The molecule has 108 valence electrons. The highest BCUT2D eigenvalue weighted by Gasteiger charge is 2.15. The minimum absolute atomic E-state index is 0.00551. The van der Waals surface area contributed by atoms with Crippen molar-refractivity contribution in [3.8, 4) is 6.07 Å². The molecule has 4 nitrogen and oxygen atoms in total. The Hall–Kier alpha value is -1.86. The lowest BCUT2D eigenvalue weighted by molar-refractivity contribution is -0.122. The molecule has 0 bridgehead atoms. The zero-order valence-corrected chi connectivity index (χ0v) is 12.5. The second kappa shape index (κ2) is 8.34. The maximum absolute atomic E-state index is 11.7. The Morgan fingerprint density at radius 3 is 2.55 bits per heavy atom. The minimum atomic E-state index is -0.209. The predicted octanol–water partition coefficient (Wildman–Crippen LogP) is 2.00. The smallest absolute Gasteiger partial charge is 0.234 e. The lowest BCUT2D eigenvalue weighted by Crippen LogP contribution is -2.38. The number of carbonyl (C=O) groups is 1. The Bertz CT molecular complexity index is 451. The van der Waals surface area contributed by atoms with Crippen LogP contribution < -0.4 is 5.32 Å². The number of hydrogen-bond acceptors (Lipinski definition) is 3. The number of hydrogen-bond donors (Lipinski definition) is 1. The number of likely N-dealkylation sites (N-methyl/N-ethyl adjacent to an activating group) is 1. The van der Waals surface area contributed by atoms with Crippen molar-refractivity contribution in [3.05, 3.63) is 35.9 Å². The van der Waals surface area contributed by atoms with Gasteiger partial charge in [-0.3, -0.25) is 9.69 Å². The van der Waals surface area contributed by atoms with Gasteiger partial charge in [0, 0.05) is 13.1 Å². The largest absolute Gasteiger partial charge is 0.355 e. The Balaban J connectivity index is 2.46.